The van der Waals surface area contributed by atoms with Crippen molar-refractivity contribution in [2.75, 3.05) is 13.1 Å². The summed E-state index contributed by atoms with van der Waals surface area (Å²) in [5.41, 5.74) is 6.30. The van der Waals surface area contributed by atoms with Crippen LogP contribution in [0, 0.1) is 5.92 Å². The second-order valence-corrected chi connectivity index (χ2v) is 6.48. The van der Waals surface area contributed by atoms with Crippen molar-refractivity contribution >= 4 is 17.7 Å². The second kappa shape index (κ2) is 7.22. The van der Waals surface area contributed by atoms with Gasteiger partial charge in [-0.1, -0.05) is 18.7 Å². The lowest BCUT2D eigenvalue weighted by Crippen LogP contribution is -2.49. The molecular formula is C15H20F2N2OS. The number of carbonyl (C=O) groups excluding carboxylic acids is 1. The van der Waals surface area contributed by atoms with E-state index in [1.165, 1.54) is 0 Å². The Bertz CT molecular complexity index is 481. The van der Waals surface area contributed by atoms with Gasteiger partial charge in [-0.05, 0) is 43.0 Å². The van der Waals surface area contributed by atoms with E-state index in [9.17, 15) is 13.6 Å². The maximum Gasteiger partial charge on any atom is 0.288 e. The minimum absolute atomic E-state index is 0.0639. The molecule has 2 N–H and O–H groups in total. The van der Waals surface area contributed by atoms with Crippen LogP contribution in [0.3, 0.4) is 0 Å². The first-order chi connectivity index (χ1) is 10.0. The molecule has 1 aromatic carbocycles. The van der Waals surface area contributed by atoms with Crippen LogP contribution < -0.4 is 5.73 Å². The van der Waals surface area contributed by atoms with E-state index in [-0.39, 0.29) is 11.9 Å². The molecule has 1 amide bonds. The number of piperidine rings is 1. The normalized spacial score (nSPS) is 22.6. The van der Waals surface area contributed by atoms with Crippen LogP contribution in [-0.2, 0) is 0 Å². The highest BCUT2D eigenvalue weighted by Crippen LogP contribution is 2.27. The Morgan fingerprint density at radius 3 is 2.67 bits per heavy atom. The third kappa shape index (κ3) is 4.17. The fourth-order valence-electron chi connectivity index (χ4n) is 2.69. The summed E-state index contributed by atoms with van der Waals surface area (Å²) in [4.78, 5) is 14.8. The van der Waals surface area contributed by atoms with Crippen LogP contribution in [0.4, 0.5) is 8.78 Å². The molecule has 1 saturated heterocycles. The van der Waals surface area contributed by atoms with Gasteiger partial charge < -0.3 is 10.6 Å². The fraction of sp³-hybridized carbons (Fsp3) is 0.533. The summed E-state index contributed by atoms with van der Waals surface area (Å²) in [7, 11) is 0. The molecule has 1 aliphatic heterocycles. The number of hydrogen-bond acceptors (Lipinski definition) is 3. The molecule has 0 radical (unpaired) electrons. The smallest absolute Gasteiger partial charge is 0.288 e. The van der Waals surface area contributed by atoms with Gasteiger partial charge in [-0.15, -0.1) is 0 Å². The fourth-order valence-corrected chi connectivity index (χ4v) is 3.19. The topological polar surface area (TPSA) is 46.3 Å². The molecule has 2 rings (SSSR count). The van der Waals surface area contributed by atoms with E-state index in [4.69, 9.17) is 5.73 Å². The average molecular weight is 314 g/mol. The standard InChI is InChI=1S/C15H20F2N2OS/c1-10-6-7-19(12(8-10)9-18)14(20)11-2-4-13(5-3-11)21-15(16)17/h2-5,10,12,15H,6-9,18H2,1H3. The van der Waals surface area contributed by atoms with Crippen molar-refractivity contribution in [1.82, 2.24) is 4.90 Å². The monoisotopic (exact) mass is 314 g/mol. The first-order valence-corrected chi connectivity index (χ1v) is 7.95. The van der Waals surface area contributed by atoms with Crippen molar-refractivity contribution in [2.24, 2.45) is 11.7 Å². The number of amides is 1. The number of alkyl halides is 2. The predicted molar refractivity (Wildman–Crippen MR) is 80.6 cm³/mol. The average Bonchev–Trinajstić information content (AvgIpc) is 2.46. The van der Waals surface area contributed by atoms with E-state index >= 15 is 0 Å². The van der Waals surface area contributed by atoms with Gasteiger partial charge in [-0.3, -0.25) is 4.79 Å². The number of carbonyl (C=O) groups is 1. The van der Waals surface area contributed by atoms with Crippen LogP contribution >= 0.6 is 11.8 Å². The van der Waals surface area contributed by atoms with Crippen LogP contribution in [-0.4, -0.2) is 35.7 Å². The molecular weight excluding hydrogens is 294 g/mol. The summed E-state index contributed by atoms with van der Waals surface area (Å²) in [6.07, 6.45) is 1.89. The van der Waals surface area contributed by atoms with Gasteiger partial charge in [-0.2, -0.15) is 8.78 Å². The summed E-state index contributed by atoms with van der Waals surface area (Å²) in [5, 5.41) is 0. The van der Waals surface area contributed by atoms with Crippen molar-refractivity contribution < 1.29 is 13.6 Å². The van der Waals surface area contributed by atoms with E-state index in [1.54, 1.807) is 24.3 Å². The number of nitrogens with two attached hydrogens (primary N) is 1. The Morgan fingerprint density at radius 1 is 1.43 bits per heavy atom. The molecule has 0 saturated carbocycles. The Morgan fingerprint density at radius 2 is 2.10 bits per heavy atom. The van der Waals surface area contributed by atoms with E-state index in [1.807, 2.05) is 4.90 Å². The van der Waals surface area contributed by atoms with Gasteiger partial charge in [0.15, 0.2) is 0 Å². The second-order valence-electron chi connectivity index (χ2n) is 5.42. The van der Waals surface area contributed by atoms with Crippen LogP contribution in [0.2, 0.25) is 0 Å². The molecule has 2 unspecified atom stereocenters. The van der Waals surface area contributed by atoms with Gasteiger partial charge in [0.05, 0.1) is 0 Å². The van der Waals surface area contributed by atoms with Crippen LogP contribution in [0.1, 0.15) is 30.1 Å². The molecule has 0 spiro atoms. The Balaban J connectivity index is 2.08. The van der Waals surface area contributed by atoms with Crippen LogP contribution in [0.5, 0.6) is 0 Å². The molecule has 116 valence electrons. The van der Waals surface area contributed by atoms with Gasteiger partial charge in [0.1, 0.15) is 0 Å². The van der Waals surface area contributed by atoms with Gasteiger partial charge >= 0.3 is 0 Å². The summed E-state index contributed by atoms with van der Waals surface area (Å²) < 4.78 is 24.6. The zero-order chi connectivity index (χ0) is 15.4. The molecule has 0 bridgehead atoms. The molecule has 6 heteroatoms. The number of thioether (sulfide) groups is 1. The molecule has 21 heavy (non-hydrogen) atoms. The zero-order valence-corrected chi connectivity index (χ0v) is 12.8. The number of nitrogens with zero attached hydrogens (tertiary/aromatic N) is 1. The summed E-state index contributed by atoms with van der Waals surface area (Å²) in [6.45, 7) is 3.33. The summed E-state index contributed by atoms with van der Waals surface area (Å²) in [5.74, 6) is -1.94. The quantitative estimate of drug-likeness (QED) is 0.868. The van der Waals surface area contributed by atoms with E-state index in [2.05, 4.69) is 6.92 Å². The SMILES string of the molecule is CC1CCN(C(=O)c2ccc(SC(F)F)cc2)C(CN)C1. The Kier molecular flexibility index (Phi) is 5.58. The van der Waals surface area contributed by atoms with Gasteiger partial charge in [0, 0.05) is 29.6 Å². The molecule has 2 atom stereocenters. The van der Waals surface area contributed by atoms with Crippen LogP contribution in [0.15, 0.2) is 29.2 Å². The van der Waals surface area contributed by atoms with Gasteiger partial charge in [0.25, 0.3) is 11.7 Å². The van der Waals surface area contributed by atoms with Crippen molar-refractivity contribution in [3.05, 3.63) is 29.8 Å². The molecule has 3 nitrogen and oxygen atoms in total. The summed E-state index contributed by atoms with van der Waals surface area (Å²) in [6, 6.07) is 6.41. The third-order valence-corrected chi connectivity index (χ3v) is 4.56. The van der Waals surface area contributed by atoms with Gasteiger partial charge in [-0.25, -0.2) is 0 Å². The number of hydrogen-bond donors (Lipinski definition) is 1. The number of benzene rings is 1. The zero-order valence-electron chi connectivity index (χ0n) is 12.0. The maximum atomic E-state index is 12.5. The number of likely N-dealkylation sites (tertiary alicyclic amines) is 1. The molecule has 0 aromatic heterocycles. The molecule has 1 aliphatic rings. The highest BCUT2D eigenvalue weighted by Gasteiger charge is 2.29. The van der Waals surface area contributed by atoms with Crippen molar-refractivity contribution in [1.29, 1.82) is 0 Å². The number of rotatable bonds is 4. The predicted octanol–water partition coefficient (Wildman–Crippen LogP) is 3.20. The third-order valence-electron chi connectivity index (χ3n) is 3.84. The first-order valence-electron chi connectivity index (χ1n) is 7.07. The minimum Gasteiger partial charge on any atom is -0.334 e. The molecule has 1 fully saturated rings. The minimum atomic E-state index is -2.45. The van der Waals surface area contributed by atoms with E-state index in [0.29, 0.717) is 41.2 Å². The lowest BCUT2D eigenvalue weighted by molar-refractivity contribution is 0.0573. The highest BCUT2D eigenvalue weighted by molar-refractivity contribution is 7.99. The molecule has 1 heterocycles. The Labute approximate surface area is 127 Å². The van der Waals surface area contributed by atoms with Crippen molar-refractivity contribution in [3.8, 4) is 0 Å². The maximum absolute atomic E-state index is 12.5. The van der Waals surface area contributed by atoms with E-state index < -0.39 is 5.76 Å². The van der Waals surface area contributed by atoms with Crippen molar-refractivity contribution in [3.63, 3.8) is 0 Å². The number of halogens is 2. The largest absolute Gasteiger partial charge is 0.334 e. The lowest BCUT2D eigenvalue weighted by atomic mass is 9.92. The van der Waals surface area contributed by atoms with Crippen LogP contribution in [0.25, 0.3) is 0 Å². The lowest BCUT2D eigenvalue weighted by Gasteiger charge is -2.38. The highest BCUT2D eigenvalue weighted by atomic mass is 32.2. The first kappa shape index (κ1) is 16.2. The van der Waals surface area contributed by atoms with Gasteiger partial charge in [0.2, 0.25) is 0 Å². The van der Waals surface area contributed by atoms with E-state index in [0.717, 1.165) is 12.8 Å². The molecule has 0 aliphatic carbocycles. The Hall–Kier alpha value is -1.14. The van der Waals surface area contributed by atoms with Crippen molar-refractivity contribution in [2.45, 2.75) is 36.5 Å². The molecule has 1 aromatic rings. The summed E-state index contributed by atoms with van der Waals surface area (Å²) >= 11 is 0.482.